The van der Waals surface area contributed by atoms with E-state index in [4.69, 9.17) is 4.74 Å². The molecular weight excluding hydrogens is 372 g/mol. The number of hydrogen-bond donors (Lipinski definition) is 0. The van der Waals surface area contributed by atoms with Gasteiger partial charge < -0.3 is 14.5 Å². The number of nitrogens with zero attached hydrogens (tertiary/aromatic N) is 2. The Balaban J connectivity index is 1.50. The van der Waals surface area contributed by atoms with Gasteiger partial charge in [0.15, 0.2) is 0 Å². The van der Waals surface area contributed by atoms with Gasteiger partial charge in [-0.15, -0.1) is 11.8 Å². The van der Waals surface area contributed by atoms with Gasteiger partial charge in [-0.05, 0) is 49.6 Å². The number of hydrogen-bond acceptors (Lipinski definition) is 4. The van der Waals surface area contributed by atoms with Gasteiger partial charge in [0.2, 0.25) is 11.8 Å². The molecule has 0 aromatic heterocycles. The van der Waals surface area contributed by atoms with Crippen LogP contribution in [0.3, 0.4) is 0 Å². The molecule has 2 aliphatic rings. The molecule has 1 atom stereocenters. The number of ether oxygens (including phenoxy) is 1. The zero-order valence-corrected chi connectivity index (χ0v) is 16.8. The van der Waals surface area contributed by atoms with E-state index in [1.54, 1.807) is 4.90 Å². The van der Waals surface area contributed by atoms with Gasteiger partial charge in [0.25, 0.3) is 0 Å². The van der Waals surface area contributed by atoms with Crippen LogP contribution >= 0.6 is 11.8 Å². The molecular formula is C22H24N2O3S. The number of rotatable bonds is 5. The second-order valence-electron chi connectivity index (χ2n) is 6.98. The molecule has 2 heterocycles. The lowest BCUT2D eigenvalue weighted by Crippen LogP contribution is -2.44. The van der Waals surface area contributed by atoms with Crippen molar-refractivity contribution in [3.05, 3.63) is 54.1 Å². The first kappa shape index (κ1) is 18.9. The fourth-order valence-electron chi connectivity index (χ4n) is 3.92. The van der Waals surface area contributed by atoms with Crippen molar-refractivity contribution in [2.45, 2.75) is 30.7 Å². The van der Waals surface area contributed by atoms with Crippen LogP contribution < -0.4 is 9.64 Å². The maximum atomic E-state index is 13.1. The van der Waals surface area contributed by atoms with Crippen LogP contribution in [0, 0.1) is 0 Å². The van der Waals surface area contributed by atoms with E-state index in [0.29, 0.717) is 12.4 Å². The number of likely N-dealkylation sites (tertiary alicyclic amines) is 1. The number of fused-ring (bicyclic) bond motifs is 1. The van der Waals surface area contributed by atoms with E-state index in [9.17, 15) is 9.59 Å². The summed E-state index contributed by atoms with van der Waals surface area (Å²) in [4.78, 5) is 30.2. The molecule has 146 valence electrons. The monoisotopic (exact) mass is 396 g/mol. The van der Waals surface area contributed by atoms with E-state index >= 15 is 0 Å². The Labute approximate surface area is 169 Å². The molecule has 1 fully saturated rings. The Bertz CT molecular complexity index is 868. The number of amides is 2. The van der Waals surface area contributed by atoms with Gasteiger partial charge in [-0.1, -0.05) is 24.3 Å². The van der Waals surface area contributed by atoms with Crippen molar-refractivity contribution in [2.75, 3.05) is 30.3 Å². The molecule has 0 bridgehead atoms. The van der Waals surface area contributed by atoms with Gasteiger partial charge in [-0.3, -0.25) is 9.59 Å². The fourth-order valence-corrected chi connectivity index (χ4v) is 4.85. The number of carbonyl (C=O) groups is 2. The van der Waals surface area contributed by atoms with Crippen LogP contribution in [0.15, 0.2) is 53.4 Å². The number of thioether (sulfide) groups is 1. The molecule has 0 N–H and O–H groups in total. The van der Waals surface area contributed by atoms with E-state index in [-0.39, 0.29) is 24.4 Å². The van der Waals surface area contributed by atoms with E-state index in [0.717, 1.165) is 41.3 Å². The highest BCUT2D eigenvalue weighted by atomic mass is 32.2. The summed E-state index contributed by atoms with van der Waals surface area (Å²) in [6.45, 7) is 3.43. The standard InChI is InChI=1S/C22H24N2O3S/c1-2-27-17-11-9-16(10-12-17)18-7-5-13-23(18)21(25)14-24-19-6-3-4-8-20(19)28-15-22(24)26/h3-4,6,8-12,18H,2,5,7,13-15H2,1H3. The topological polar surface area (TPSA) is 49.9 Å². The van der Waals surface area contributed by atoms with Crippen LogP contribution in [0.25, 0.3) is 0 Å². The minimum atomic E-state index is -0.00568. The van der Waals surface area contributed by atoms with Crippen molar-refractivity contribution in [2.24, 2.45) is 0 Å². The van der Waals surface area contributed by atoms with Crippen LogP contribution in [0.4, 0.5) is 5.69 Å². The maximum Gasteiger partial charge on any atom is 0.243 e. The van der Waals surface area contributed by atoms with Gasteiger partial charge >= 0.3 is 0 Å². The van der Waals surface area contributed by atoms with Crippen LogP contribution in [-0.4, -0.2) is 42.2 Å². The van der Waals surface area contributed by atoms with E-state index in [2.05, 4.69) is 0 Å². The van der Waals surface area contributed by atoms with Gasteiger partial charge in [0, 0.05) is 11.4 Å². The Morgan fingerprint density at radius 3 is 2.75 bits per heavy atom. The average Bonchev–Trinajstić information content (AvgIpc) is 3.21. The first-order chi connectivity index (χ1) is 13.7. The van der Waals surface area contributed by atoms with Crippen molar-refractivity contribution in [1.82, 2.24) is 4.90 Å². The molecule has 2 amide bonds. The summed E-state index contributed by atoms with van der Waals surface area (Å²) in [5, 5.41) is 0. The van der Waals surface area contributed by atoms with E-state index in [1.807, 2.05) is 60.4 Å². The Kier molecular flexibility index (Phi) is 5.57. The average molecular weight is 397 g/mol. The van der Waals surface area contributed by atoms with Gasteiger partial charge in [-0.25, -0.2) is 0 Å². The van der Waals surface area contributed by atoms with Crippen LogP contribution in [0.5, 0.6) is 5.75 Å². The zero-order chi connectivity index (χ0) is 19.5. The summed E-state index contributed by atoms with van der Waals surface area (Å²) < 4.78 is 5.52. The quantitative estimate of drug-likeness (QED) is 0.769. The molecule has 6 heteroatoms. The number of anilines is 1. The molecule has 2 aromatic carbocycles. The predicted molar refractivity (Wildman–Crippen MR) is 111 cm³/mol. The Morgan fingerprint density at radius 1 is 1.18 bits per heavy atom. The summed E-state index contributed by atoms with van der Waals surface area (Å²) in [5.74, 6) is 1.22. The minimum Gasteiger partial charge on any atom is -0.494 e. The second kappa shape index (κ2) is 8.27. The third kappa shape index (κ3) is 3.74. The molecule has 5 nitrogen and oxygen atoms in total. The van der Waals surface area contributed by atoms with Crippen molar-refractivity contribution >= 4 is 29.3 Å². The highest BCUT2D eigenvalue weighted by Crippen LogP contribution is 2.36. The van der Waals surface area contributed by atoms with Gasteiger partial charge in [-0.2, -0.15) is 0 Å². The van der Waals surface area contributed by atoms with Crippen molar-refractivity contribution in [1.29, 1.82) is 0 Å². The summed E-state index contributed by atoms with van der Waals surface area (Å²) in [5.41, 5.74) is 1.96. The molecule has 1 unspecified atom stereocenters. The van der Waals surface area contributed by atoms with E-state index < -0.39 is 0 Å². The fraction of sp³-hybridized carbons (Fsp3) is 0.364. The lowest BCUT2D eigenvalue weighted by Gasteiger charge is -2.32. The second-order valence-corrected chi connectivity index (χ2v) is 8.00. The molecule has 28 heavy (non-hydrogen) atoms. The highest BCUT2D eigenvalue weighted by Gasteiger charge is 2.33. The normalized spacial score (nSPS) is 18.9. The highest BCUT2D eigenvalue weighted by molar-refractivity contribution is 8.00. The number of carbonyl (C=O) groups excluding carboxylic acids is 2. The summed E-state index contributed by atoms with van der Waals surface area (Å²) in [6.07, 6.45) is 1.92. The zero-order valence-electron chi connectivity index (χ0n) is 16.0. The van der Waals surface area contributed by atoms with E-state index in [1.165, 1.54) is 11.8 Å². The smallest absolute Gasteiger partial charge is 0.243 e. The summed E-state index contributed by atoms with van der Waals surface area (Å²) >= 11 is 1.53. The predicted octanol–water partition coefficient (Wildman–Crippen LogP) is 3.89. The first-order valence-corrected chi connectivity index (χ1v) is 10.7. The maximum absolute atomic E-state index is 13.1. The van der Waals surface area contributed by atoms with Crippen LogP contribution in [-0.2, 0) is 9.59 Å². The lowest BCUT2D eigenvalue weighted by molar-refractivity contribution is -0.132. The van der Waals surface area contributed by atoms with Crippen molar-refractivity contribution < 1.29 is 14.3 Å². The summed E-state index contributed by atoms with van der Waals surface area (Å²) in [7, 11) is 0. The lowest BCUT2D eigenvalue weighted by atomic mass is 10.0. The molecule has 0 saturated carbocycles. The third-order valence-electron chi connectivity index (χ3n) is 5.25. The molecule has 0 radical (unpaired) electrons. The largest absolute Gasteiger partial charge is 0.494 e. The van der Waals surface area contributed by atoms with Gasteiger partial charge in [0.05, 0.1) is 24.1 Å². The third-order valence-corrected chi connectivity index (χ3v) is 6.30. The van der Waals surface area contributed by atoms with Crippen LogP contribution in [0.1, 0.15) is 31.4 Å². The molecule has 2 aliphatic heterocycles. The van der Waals surface area contributed by atoms with Crippen molar-refractivity contribution in [3.63, 3.8) is 0 Å². The number of para-hydroxylation sites is 1. The first-order valence-electron chi connectivity index (χ1n) is 9.72. The SMILES string of the molecule is CCOc1ccc(C2CCCN2C(=O)CN2C(=O)CSc3ccccc32)cc1. The Morgan fingerprint density at radius 2 is 1.96 bits per heavy atom. The molecule has 0 aliphatic carbocycles. The van der Waals surface area contributed by atoms with Crippen LogP contribution in [0.2, 0.25) is 0 Å². The minimum absolute atomic E-state index is 0.00568. The molecule has 0 spiro atoms. The molecule has 2 aromatic rings. The molecule has 4 rings (SSSR count). The van der Waals surface area contributed by atoms with Gasteiger partial charge in [0.1, 0.15) is 12.3 Å². The Hall–Kier alpha value is -2.47. The molecule has 1 saturated heterocycles. The number of benzene rings is 2. The summed E-state index contributed by atoms with van der Waals surface area (Å²) in [6, 6.07) is 15.9. The van der Waals surface area contributed by atoms with Crippen molar-refractivity contribution in [3.8, 4) is 5.75 Å².